The predicted molar refractivity (Wildman–Crippen MR) is 171 cm³/mol. The Kier molecular flexibility index (Phi) is 9.96. The van der Waals surface area contributed by atoms with Gasteiger partial charge in [0, 0.05) is 46.9 Å². The molecule has 0 aliphatic rings. The SMILES string of the molecule is Brc1c(Br)c(Br)c(C(Br)(Br)C(Br)(Br)c2c(Br)c(Br)c(Br)c3ccccc23)c(Br)c1Br. The Bertz CT molecular complexity index is 1150. The van der Waals surface area contributed by atoms with E-state index >= 15 is 0 Å². The highest BCUT2D eigenvalue weighted by molar-refractivity contribution is 9.29. The fraction of sp³-hybridized carbons (Fsp3) is 0.111. The van der Waals surface area contributed by atoms with E-state index in [1.165, 1.54) is 0 Å². The monoisotopic (exact) mass is 1170 g/mol. The summed E-state index contributed by atoms with van der Waals surface area (Å²) in [6.45, 7) is 0. The smallest absolute Gasteiger partial charge is 0.0644 e. The zero-order valence-corrected chi connectivity index (χ0v) is 32.9. The molecule has 0 N–H and O–H groups in total. The fourth-order valence-electron chi connectivity index (χ4n) is 2.84. The molecule has 0 aromatic heterocycles. The summed E-state index contributed by atoms with van der Waals surface area (Å²) in [6.07, 6.45) is 0. The number of fused-ring (bicyclic) bond motifs is 1. The lowest BCUT2D eigenvalue weighted by molar-refractivity contribution is 0.833. The number of benzene rings is 3. The minimum Gasteiger partial charge on any atom is -0.0644 e. The van der Waals surface area contributed by atoms with Gasteiger partial charge in [-0.25, -0.2) is 0 Å². The second kappa shape index (κ2) is 10.6. The summed E-state index contributed by atoms with van der Waals surface area (Å²) < 4.78 is 5.61. The molecule has 0 saturated carbocycles. The predicted octanol–water partition coefficient (Wildman–Crippen LogP) is 13.5. The molecular formula is C18H4Br12. The van der Waals surface area contributed by atoms with Gasteiger partial charge in [0.25, 0.3) is 0 Å². The van der Waals surface area contributed by atoms with Crippen molar-refractivity contribution in [3.05, 3.63) is 71.2 Å². The van der Waals surface area contributed by atoms with Crippen LogP contribution in [0.4, 0.5) is 0 Å². The molecule has 30 heavy (non-hydrogen) atoms. The molecule has 0 atom stereocenters. The van der Waals surface area contributed by atoms with Crippen molar-refractivity contribution in [3.8, 4) is 0 Å². The number of hydrogen-bond donors (Lipinski definition) is 0. The molecule has 0 radical (unpaired) electrons. The van der Waals surface area contributed by atoms with Crippen LogP contribution in [0.2, 0.25) is 0 Å². The van der Waals surface area contributed by atoms with Gasteiger partial charge in [0.1, 0.15) is 6.47 Å². The lowest BCUT2D eigenvalue weighted by Gasteiger charge is -2.38. The summed E-state index contributed by atoms with van der Waals surface area (Å²) in [7, 11) is 0. The summed E-state index contributed by atoms with van der Waals surface area (Å²) in [5, 5.41) is 2.15. The molecule has 3 aromatic rings. The Balaban J connectivity index is 2.43. The first kappa shape index (κ1) is 28.3. The Morgan fingerprint density at radius 2 is 0.733 bits per heavy atom. The highest BCUT2D eigenvalue weighted by atomic mass is 79.9. The first-order valence-corrected chi connectivity index (χ1v) is 17.1. The third-order valence-corrected chi connectivity index (χ3v) is 19.9. The van der Waals surface area contributed by atoms with Gasteiger partial charge in [-0.15, -0.1) is 0 Å². The van der Waals surface area contributed by atoms with Crippen LogP contribution in [0, 0.1) is 0 Å². The molecule has 160 valence electrons. The Labute approximate surface area is 274 Å². The van der Waals surface area contributed by atoms with Gasteiger partial charge in [-0.05, 0) is 138 Å². The number of halogens is 12. The van der Waals surface area contributed by atoms with Crippen molar-refractivity contribution in [3.63, 3.8) is 0 Å². The summed E-state index contributed by atoms with van der Waals surface area (Å²) >= 11 is 45.6. The summed E-state index contributed by atoms with van der Waals surface area (Å²) in [5.74, 6) is 0. The van der Waals surface area contributed by atoms with Crippen molar-refractivity contribution in [2.75, 3.05) is 0 Å². The molecule has 0 heterocycles. The summed E-state index contributed by atoms with van der Waals surface area (Å²) in [5.41, 5.74) is 1.92. The highest BCUT2D eigenvalue weighted by Crippen LogP contribution is 2.67. The van der Waals surface area contributed by atoms with E-state index < -0.39 is 6.47 Å². The molecule has 0 saturated heterocycles. The molecule has 12 heteroatoms. The molecule has 0 unspecified atom stereocenters. The van der Waals surface area contributed by atoms with Gasteiger partial charge in [-0.1, -0.05) is 88.0 Å². The van der Waals surface area contributed by atoms with Gasteiger partial charge in [0.15, 0.2) is 0 Å². The molecule has 0 aliphatic heterocycles. The molecule has 0 fully saturated rings. The van der Waals surface area contributed by atoms with Crippen LogP contribution in [0.1, 0.15) is 11.1 Å². The number of rotatable bonds is 3. The molecular weight excluding hydrogens is 1180 g/mol. The molecule has 3 rings (SSSR count). The average Bonchev–Trinajstić information content (AvgIpc) is 2.69. The van der Waals surface area contributed by atoms with Crippen molar-refractivity contribution in [2.45, 2.75) is 6.47 Å². The van der Waals surface area contributed by atoms with E-state index in [0.717, 1.165) is 57.7 Å². The average molecular weight is 1180 g/mol. The largest absolute Gasteiger partial charge is 0.137 e. The molecule has 0 aliphatic carbocycles. The summed E-state index contributed by atoms with van der Waals surface area (Å²) in [4.78, 5) is 0. The maximum absolute atomic E-state index is 3.99. The van der Waals surface area contributed by atoms with Crippen LogP contribution < -0.4 is 0 Å². The van der Waals surface area contributed by atoms with E-state index in [-0.39, 0.29) is 0 Å². The standard InChI is InChI=1S/C18H4Br12/c19-9-6-4-2-1-3-5(6)7(10(20)13(9)23)17(27,28)18(29,30)8-11(21)14(24)16(26)15(25)12(8)22/h1-4H. The minimum atomic E-state index is -0.811. The molecule has 3 aromatic carbocycles. The second-order valence-electron chi connectivity index (χ2n) is 5.96. The van der Waals surface area contributed by atoms with Crippen molar-refractivity contribution in [1.29, 1.82) is 0 Å². The zero-order valence-electron chi connectivity index (χ0n) is 13.8. The zero-order chi connectivity index (χ0) is 22.8. The van der Waals surface area contributed by atoms with Gasteiger partial charge in [0.2, 0.25) is 0 Å². The molecule has 0 nitrogen and oxygen atoms in total. The quantitative estimate of drug-likeness (QED) is 0.139. The second-order valence-corrected chi connectivity index (χ2v) is 19.2. The molecule has 0 spiro atoms. The van der Waals surface area contributed by atoms with Crippen LogP contribution in [0.3, 0.4) is 0 Å². The van der Waals surface area contributed by atoms with E-state index in [0.29, 0.717) is 0 Å². The van der Waals surface area contributed by atoms with E-state index in [2.05, 4.69) is 203 Å². The lowest BCUT2D eigenvalue weighted by atomic mass is 9.98. The summed E-state index contributed by atoms with van der Waals surface area (Å²) in [6, 6.07) is 8.22. The molecule has 0 bridgehead atoms. The van der Waals surface area contributed by atoms with Crippen LogP contribution in [-0.2, 0) is 6.47 Å². The van der Waals surface area contributed by atoms with E-state index in [9.17, 15) is 0 Å². The fourth-order valence-corrected chi connectivity index (χ4v) is 12.4. The van der Waals surface area contributed by atoms with E-state index in [4.69, 9.17) is 0 Å². The number of alkyl halides is 4. The van der Waals surface area contributed by atoms with Gasteiger partial charge >= 0.3 is 0 Å². The van der Waals surface area contributed by atoms with Crippen molar-refractivity contribution < 1.29 is 0 Å². The van der Waals surface area contributed by atoms with Gasteiger partial charge < -0.3 is 0 Å². The maximum atomic E-state index is 3.99. The Hall–Kier alpha value is 3.68. The third kappa shape index (κ3) is 4.70. The first-order chi connectivity index (χ1) is 13.8. The maximum Gasteiger partial charge on any atom is 0.137 e. The van der Waals surface area contributed by atoms with Crippen LogP contribution in [-0.4, -0.2) is 0 Å². The van der Waals surface area contributed by atoms with Crippen LogP contribution in [0.15, 0.2) is 60.0 Å². The van der Waals surface area contributed by atoms with E-state index in [1.807, 2.05) is 12.1 Å². The van der Waals surface area contributed by atoms with Gasteiger partial charge in [-0.3, -0.25) is 0 Å². The van der Waals surface area contributed by atoms with Gasteiger partial charge in [-0.2, -0.15) is 0 Å². The molecule has 0 amide bonds. The topological polar surface area (TPSA) is 0 Å². The minimum absolute atomic E-state index is 0.799. The lowest BCUT2D eigenvalue weighted by Crippen LogP contribution is -2.31. The Morgan fingerprint density at radius 1 is 0.400 bits per heavy atom. The first-order valence-electron chi connectivity index (χ1n) is 7.60. The van der Waals surface area contributed by atoms with Crippen LogP contribution in [0.5, 0.6) is 0 Å². The van der Waals surface area contributed by atoms with Gasteiger partial charge in [0.05, 0.1) is 0 Å². The van der Waals surface area contributed by atoms with Crippen molar-refractivity contribution >= 4 is 202 Å². The van der Waals surface area contributed by atoms with Crippen molar-refractivity contribution in [1.82, 2.24) is 0 Å². The van der Waals surface area contributed by atoms with Crippen LogP contribution in [0.25, 0.3) is 10.8 Å². The van der Waals surface area contributed by atoms with E-state index in [1.54, 1.807) is 0 Å². The van der Waals surface area contributed by atoms with Crippen LogP contribution >= 0.6 is 191 Å². The normalized spacial score (nSPS) is 12.7. The highest BCUT2D eigenvalue weighted by Gasteiger charge is 2.52. The third-order valence-electron chi connectivity index (χ3n) is 4.27. The number of hydrogen-bond acceptors (Lipinski definition) is 0. The Morgan fingerprint density at radius 3 is 1.23 bits per heavy atom. The van der Waals surface area contributed by atoms with Crippen molar-refractivity contribution in [2.24, 2.45) is 0 Å².